The first-order valence-electron chi connectivity index (χ1n) is 13.4. The smallest absolute Gasteiger partial charge is 0.237 e. The molecule has 3 N–H and O–H groups in total. The molecule has 9 heteroatoms. The first-order chi connectivity index (χ1) is 17.6. The van der Waals surface area contributed by atoms with E-state index in [2.05, 4.69) is 46.0 Å². The Balaban J connectivity index is 1.29. The normalized spacial score (nSPS) is 25.2. The Morgan fingerprint density at radius 3 is 2.78 bits per heavy atom. The SMILES string of the molecule is Cc1cc(N2CCNCC2)ccc1Nc1ncc2c(n1)N(C1CCCC1)C(=O)[C@]1(CCNCOC1)C2. The van der Waals surface area contributed by atoms with Gasteiger partial charge in [0.25, 0.3) is 0 Å². The van der Waals surface area contributed by atoms with E-state index < -0.39 is 5.41 Å². The third-order valence-electron chi connectivity index (χ3n) is 8.26. The van der Waals surface area contributed by atoms with Gasteiger partial charge in [-0.2, -0.15) is 4.98 Å². The predicted octanol–water partition coefficient (Wildman–Crippen LogP) is 2.72. The fourth-order valence-electron chi connectivity index (χ4n) is 6.21. The molecule has 3 fully saturated rings. The molecule has 0 bridgehead atoms. The van der Waals surface area contributed by atoms with Crippen LogP contribution in [-0.4, -0.2) is 68.0 Å². The van der Waals surface area contributed by atoms with Crippen molar-refractivity contribution in [3.8, 4) is 0 Å². The van der Waals surface area contributed by atoms with Gasteiger partial charge in [0.15, 0.2) is 0 Å². The number of fused-ring (bicyclic) bond motifs is 1. The predicted molar refractivity (Wildman–Crippen MR) is 141 cm³/mol. The van der Waals surface area contributed by atoms with Crippen molar-refractivity contribution >= 4 is 29.0 Å². The lowest BCUT2D eigenvalue weighted by Gasteiger charge is -2.43. The Bertz CT molecular complexity index is 1100. The van der Waals surface area contributed by atoms with Gasteiger partial charge in [0, 0.05) is 55.4 Å². The molecule has 2 aromatic rings. The molecule has 4 aliphatic rings. The highest BCUT2D eigenvalue weighted by molar-refractivity contribution is 6.00. The van der Waals surface area contributed by atoms with Crippen molar-refractivity contribution in [3.63, 3.8) is 0 Å². The molecule has 1 aromatic carbocycles. The Morgan fingerprint density at radius 2 is 1.97 bits per heavy atom. The van der Waals surface area contributed by atoms with Crippen LogP contribution in [0.2, 0.25) is 0 Å². The second-order valence-electron chi connectivity index (χ2n) is 10.7. The highest BCUT2D eigenvalue weighted by atomic mass is 16.5. The number of carbonyl (C=O) groups excluding carboxylic acids is 1. The molecule has 1 aromatic heterocycles. The summed E-state index contributed by atoms with van der Waals surface area (Å²) < 4.78 is 5.83. The third kappa shape index (κ3) is 4.44. The number of aromatic nitrogens is 2. The molecule has 2 saturated heterocycles. The van der Waals surface area contributed by atoms with E-state index in [1.54, 1.807) is 0 Å². The number of benzene rings is 1. The van der Waals surface area contributed by atoms with Crippen LogP contribution < -0.4 is 25.8 Å². The zero-order chi connectivity index (χ0) is 24.5. The molecular formula is C27H37N7O2. The fraction of sp³-hybridized carbons (Fsp3) is 0.593. The van der Waals surface area contributed by atoms with Crippen LogP contribution in [0.15, 0.2) is 24.4 Å². The van der Waals surface area contributed by atoms with Gasteiger partial charge in [0.1, 0.15) is 5.82 Å². The van der Waals surface area contributed by atoms with Crippen LogP contribution in [0.25, 0.3) is 0 Å². The molecule has 3 aliphatic heterocycles. The summed E-state index contributed by atoms with van der Waals surface area (Å²) in [7, 11) is 0. The van der Waals surface area contributed by atoms with E-state index in [9.17, 15) is 4.79 Å². The lowest BCUT2D eigenvalue weighted by Crippen LogP contribution is -2.55. The molecule has 1 amide bonds. The average Bonchev–Trinajstić information content (AvgIpc) is 3.33. The molecule has 1 atom stereocenters. The van der Waals surface area contributed by atoms with Crippen LogP contribution in [0, 0.1) is 12.3 Å². The van der Waals surface area contributed by atoms with E-state index >= 15 is 0 Å². The molecule has 6 rings (SSSR count). The monoisotopic (exact) mass is 491 g/mol. The van der Waals surface area contributed by atoms with E-state index in [4.69, 9.17) is 14.7 Å². The number of ether oxygens (including phenoxy) is 1. The number of piperazine rings is 1. The summed E-state index contributed by atoms with van der Waals surface area (Å²) in [4.78, 5) is 28.1. The van der Waals surface area contributed by atoms with Gasteiger partial charge in [0.2, 0.25) is 11.9 Å². The summed E-state index contributed by atoms with van der Waals surface area (Å²) in [6.07, 6.45) is 7.69. The second-order valence-corrected chi connectivity index (χ2v) is 10.7. The van der Waals surface area contributed by atoms with Crippen LogP contribution in [0.4, 0.5) is 23.1 Å². The Labute approximate surface area is 213 Å². The van der Waals surface area contributed by atoms with Crippen LogP contribution in [0.5, 0.6) is 0 Å². The highest BCUT2D eigenvalue weighted by Gasteiger charge is 2.49. The molecule has 9 nitrogen and oxygen atoms in total. The van der Waals surface area contributed by atoms with Gasteiger partial charge in [-0.05, 0) is 62.9 Å². The average molecular weight is 492 g/mol. The number of rotatable bonds is 4. The second kappa shape index (κ2) is 9.95. The van der Waals surface area contributed by atoms with Gasteiger partial charge in [0.05, 0.1) is 18.8 Å². The van der Waals surface area contributed by atoms with E-state index in [0.29, 0.717) is 25.7 Å². The molecular weight excluding hydrogens is 454 g/mol. The summed E-state index contributed by atoms with van der Waals surface area (Å²) in [5, 5.41) is 10.1. The van der Waals surface area contributed by atoms with E-state index in [-0.39, 0.29) is 11.9 Å². The van der Waals surface area contributed by atoms with Crippen LogP contribution >= 0.6 is 0 Å². The van der Waals surface area contributed by atoms with Crippen molar-refractivity contribution in [2.75, 3.05) is 61.2 Å². The number of hydrogen-bond donors (Lipinski definition) is 3. The quantitative estimate of drug-likeness (QED) is 0.601. The molecule has 4 heterocycles. The number of amides is 1. The van der Waals surface area contributed by atoms with Crippen molar-refractivity contribution in [1.29, 1.82) is 0 Å². The summed E-state index contributed by atoms with van der Waals surface area (Å²) >= 11 is 0. The van der Waals surface area contributed by atoms with E-state index in [1.165, 1.54) is 5.69 Å². The van der Waals surface area contributed by atoms with Crippen LogP contribution in [0.1, 0.15) is 43.2 Å². The highest BCUT2D eigenvalue weighted by Crippen LogP contribution is 2.43. The Hall–Kier alpha value is -2.75. The maximum Gasteiger partial charge on any atom is 0.237 e. The molecule has 0 radical (unpaired) electrons. The first-order valence-corrected chi connectivity index (χ1v) is 13.4. The minimum Gasteiger partial charge on any atom is -0.369 e. The van der Waals surface area contributed by atoms with Gasteiger partial charge in [-0.1, -0.05) is 12.8 Å². The summed E-state index contributed by atoms with van der Waals surface area (Å²) in [5.74, 6) is 1.49. The molecule has 0 unspecified atom stereocenters. The standard InChI is InChI=1S/C27H37N7O2/c1-19-14-22(33-12-10-28-11-13-33)6-7-23(19)31-26-30-16-20-15-27(8-9-29-18-36-17-27)25(35)34(24(20)32-26)21-4-2-3-5-21/h6-7,14,16,21,28-29H,2-5,8-13,15,17-18H2,1H3,(H,30,31,32)/t27-/m1/s1. The van der Waals surface area contributed by atoms with E-state index in [1.807, 2.05) is 11.1 Å². The maximum absolute atomic E-state index is 14.0. The van der Waals surface area contributed by atoms with Crippen LogP contribution in [-0.2, 0) is 16.0 Å². The number of anilines is 4. The Morgan fingerprint density at radius 1 is 1.14 bits per heavy atom. The number of carbonyl (C=O) groups is 1. The zero-order valence-electron chi connectivity index (χ0n) is 21.2. The van der Waals surface area contributed by atoms with Gasteiger partial charge in [-0.25, -0.2) is 4.98 Å². The lowest BCUT2D eigenvalue weighted by molar-refractivity contribution is -0.133. The first kappa shape index (κ1) is 23.6. The molecule has 36 heavy (non-hydrogen) atoms. The zero-order valence-corrected chi connectivity index (χ0v) is 21.2. The summed E-state index contributed by atoms with van der Waals surface area (Å²) in [6.45, 7) is 7.91. The third-order valence-corrected chi connectivity index (χ3v) is 8.26. The summed E-state index contributed by atoms with van der Waals surface area (Å²) in [5.41, 5.74) is 3.90. The van der Waals surface area contributed by atoms with Crippen molar-refractivity contribution < 1.29 is 9.53 Å². The van der Waals surface area contributed by atoms with Crippen molar-refractivity contribution in [1.82, 2.24) is 20.6 Å². The maximum atomic E-state index is 14.0. The van der Waals surface area contributed by atoms with Crippen molar-refractivity contribution in [3.05, 3.63) is 35.5 Å². The minimum absolute atomic E-state index is 0.173. The molecule has 192 valence electrons. The van der Waals surface area contributed by atoms with Gasteiger partial charge in [-0.3, -0.25) is 15.0 Å². The fourth-order valence-corrected chi connectivity index (χ4v) is 6.21. The number of hydrogen-bond acceptors (Lipinski definition) is 8. The van der Waals surface area contributed by atoms with Crippen molar-refractivity contribution in [2.45, 2.75) is 51.5 Å². The minimum atomic E-state index is -0.534. The van der Waals surface area contributed by atoms with Gasteiger partial charge >= 0.3 is 0 Å². The van der Waals surface area contributed by atoms with Gasteiger partial charge < -0.3 is 20.3 Å². The van der Waals surface area contributed by atoms with Gasteiger partial charge in [-0.15, -0.1) is 0 Å². The number of nitrogens with zero attached hydrogens (tertiary/aromatic N) is 4. The topological polar surface area (TPSA) is 94.7 Å². The Kier molecular flexibility index (Phi) is 6.54. The lowest BCUT2D eigenvalue weighted by atomic mass is 9.75. The largest absolute Gasteiger partial charge is 0.369 e. The number of nitrogens with one attached hydrogen (secondary N) is 3. The van der Waals surface area contributed by atoms with E-state index in [0.717, 1.165) is 87.5 Å². The number of aryl methyl sites for hydroxylation is 1. The molecule has 1 saturated carbocycles. The molecule has 1 aliphatic carbocycles. The molecule has 1 spiro atoms. The van der Waals surface area contributed by atoms with Crippen LogP contribution in [0.3, 0.4) is 0 Å². The van der Waals surface area contributed by atoms with Crippen molar-refractivity contribution in [2.24, 2.45) is 5.41 Å². The summed E-state index contributed by atoms with van der Waals surface area (Å²) in [6, 6.07) is 6.70.